The lowest BCUT2D eigenvalue weighted by Gasteiger charge is -2.11. The van der Waals surface area contributed by atoms with Crippen LogP contribution >= 0.6 is 0 Å². The first-order valence-corrected chi connectivity index (χ1v) is 13.3. The molecule has 0 fully saturated rings. The third-order valence-corrected chi connectivity index (χ3v) is 6.44. The molecule has 0 amide bonds. The number of carbonyl (C=O) groups is 1. The van der Waals surface area contributed by atoms with Crippen LogP contribution in [-0.2, 0) is 4.74 Å². The molecule has 2 rings (SSSR count). The Morgan fingerprint density at radius 3 is 1.76 bits per heavy atom. The molecule has 0 atom stereocenters. The van der Waals surface area contributed by atoms with Crippen molar-refractivity contribution < 1.29 is 19.7 Å². The van der Waals surface area contributed by atoms with E-state index in [0.29, 0.717) is 17.4 Å². The predicted molar refractivity (Wildman–Crippen MR) is 137 cm³/mol. The number of esters is 1. The number of rotatable bonds is 18. The van der Waals surface area contributed by atoms with Crippen LogP contribution in [-0.4, -0.2) is 22.8 Å². The SMILES string of the molecule is CCCCCCCCCCCCCCCCCCOC(=O)c1c(O)c(O)cc2ccccc12. The van der Waals surface area contributed by atoms with Gasteiger partial charge in [0.15, 0.2) is 11.5 Å². The van der Waals surface area contributed by atoms with Gasteiger partial charge in [0, 0.05) is 5.39 Å². The van der Waals surface area contributed by atoms with Crippen molar-refractivity contribution in [2.24, 2.45) is 0 Å². The second-order valence-electron chi connectivity index (χ2n) is 9.28. The van der Waals surface area contributed by atoms with Crippen molar-refractivity contribution in [1.82, 2.24) is 0 Å². The molecule has 0 spiro atoms. The molecular formula is C29H44O4. The summed E-state index contributed by atoms with van der Waals surface area (Å²) in [5.74, 6) is -1.30. The average molecular weight is 457 g/mol. The molecule has 4 heteroatoms. The maximum atomic E-state index is 12.5. The van der Waals surface area contributed by atoms with Gasteiger partial charge in [0.05, 0.1) is 6.61 Å². The molecule has 0 radical (unpaired) electrons. The summed E-state index contributed by atoms with van der Waals surface area (Å²) in [4.78, 5) is 12.5. The van der Waals surface area contributed by atoms with Crippen LogP contribution in [0.15, 0.2) is 30.3 Å². The van der Waals surface area contributed by atoms with E-state index in [2.05, 4.69) is 6.92 Å². The molecule has 0 heterocycles. The minimum Gasteiger partial charge on any atom is -0.504 e. The van der Waals surface area contributed by atoms with Crippen molar-refractivity contribution in [1.29, 1.82) is 0 Å². The number of hydrogen-bond donors (Lipinski definition) is 2. The molecule has 184 valence electrons. The van der Waals surface area contributed by atoms with Crippen LogP contribution in [0.25, 0.3) is 10.8 Å². The molecule has 0 saturated carbocycles. The third-order valence-electron chi connectivity index (χ3n) is 6.44. The molecule has 0 aliphatic heterocycles. The van der Waals surface area contributed by atoms with E-state index < -0.39 is 11.7 Å². The molecule has 0 unspecified atom stereocenters. The van der Waals surface area contributed by atoms with Crippen LogP contribution in [0, 0.1) is 0 Å². The van der Waals surface area contributed by atoms with E-state index in [1.807, 2.05) is 6.07 Å². The van der Waals surface area contributed by atoms with Crippen molar-refractivity contribution in [2.75, 3.05) is 6.61 Å². The Morgan fingerprint density at radius 1 is 0.727 bits per heavy atom. The minimum atomic E-state index is -0.583. The Kier molecular flexibility index (Phi) is 13.4. The number of aromatic hydroxyl groups is 2. The summed E-state index contributed by atoms with van der Waals surface area (Å²) in [5, 5.41) is 21.4. The zero-order chi connectivity index (χ0) is 23.7. The van der Waals surface area contributed by atoms with Crippen LogP contribution in [0.4, 0.5) is 0 Å². The highest BCUT2D eigenvalue weighted by molar-refractivity contribution is 6.08. The Balaban J connectivity index is 1.47. The van der Waals surface area contributed by atoms with Gasteiger partial charge in [-0.15, -0.1) is 0 Å². The van der Waals surface area contributed by atoms with E-state index in [0.717, 1.165) is 19.3 Å². The summed E-state index contributed by atoms with van der Waals surface area (Å²) < 4.78 is 5.38. The maximum Gasteiger partial charge on any atom is 0.342 e. The molecular weight excluding hydrogens is 412 g/mol. The van der Waals surface area contributed by atoms with Gasteiger partial charge in [-0.25, -0.2) is 4.79 Å². The van der Waals surface area contributed by atoms with Gasteiger partial charge in [-0.2, -0.15) is 0 Å². The lowest BCUT2D eigenvalue weighted by molar-refractivity contribution is 0.0496. The van der Waals surface area contributed by atoms with Gasteiger partial charge >= 0.3 is 5.97 Å². The maximum absolute atomic E-state index is 12.5. The van der Waals surface area contributed by atoms with Crippen molar-refractivity contribution in [3.8, 4) is 11.5 Å². The first-order chi connectivity index (χ1) is 16.1. The monoisotopic (exact) mass is 456 g/mol. The van der Waals surface area contributed by atoms with E-state index in [1.54, 1.807) is 18.2 Å². The van der Waals surface area contributed by atoms with Gasteiger partial charge in [-0.1, -0.05) is 128 Å². The number of benzene rings is 2. The molecule has 2 aromatic carbocycles. The van der Waals surface area contributed by atoms with Crippen molar-refractivity contribution in [3.63, 3.8) is 0 Å². The number of fused-ring (bicyclic) bond motifs is 1. The molecule has 0 aromatic heterocycles. The van der Waals surface area contributed by atoms with Gasteiger partial charge in [-0.05, 0) is 17.9 Å². The number of carbonyl (C=O) groups excluding carboxylic acids is 1. The molecule has 0 bridgehead atoms. The van der Waals surface area contributed by atoms with Crippen molar-refractivity contribution in [3.05, 3.63) is 35.9 Å². The first-order valence-electron chi connectivity index (χ1n) is 13.3. The van der Waals surface area contributed by atoms with Crippen LogP contribution in [0.3, 0.4) is 0 Å². The van der Waals surface area contributed by atoms with Crippen molar-refractivity contribution in [2.45, 2.75) is 110 Å². The highest BCUT2D eigenvalue weighted by Crippen LogP contribution is 2.36. The van der Waals surface area contributed by atoms with Gasteiger partial charge in [0.1, 0.15) is 5.56 Å². The first kappa shape index (κ1) is 27.0. The fraction of sp³-hybridized carbons (Fsp3) is 0.621. The highest BCUT2D eigenvalue weighted by Gasteiger charge is 2.20. The summed E-state index contributed by atoms with van der Waals surface area (Å²) in [6.07, 6.45) is 20.8. The summed E-state index contributed by atoms with van der Waals surface area (Å²) in [6, 6.07) is 8.62. The van der Waals surface area contributed by atoms with E-state index >= 15 is 0 Å². The summed E-state index contributed by atoms with van der Waals surface area (Å²) in [6.45, 7) is 2.60. The smallest absolute Gasteiger partial charge is 0.342 e. The number of unbranched alkanes of at least 4 members (excludes halogenated alkanes) is 15. The summed E-state index contributed by atoms with van der Waals surface area (Å²) in [5.41, 5.74) is 0.0436. The van der Waals surface area contributed by atoms with Crippen LogP contribution in [0.1, 0.15) is 120 Å². The lowest BCUT2D eigenvalue weighted by atomic mass is 10.0. The zero-order valence-electron chi connectivity index (χ0n) is 20.6. The summed E-state index contributed by atoms with van der Waals surface area (Å²) >= 11 is 0. The highest BCUT2D eigenvalue weighted by atomic mass is 16.5. The van der Waals surface area contributed by atoms with Gasteiger partial charge in [-0.3, -0.25) is 0 Å². The Labute approximate surface area is 200 Å². The molecule has 2 N–H and O–H groups in total. The van der Waals surface area contributed by atoms with E-state index in [1.165, 1.54) is 89.5 Å². The Morgan fingerprint density at radius 2 is 1.21 bits per heavy atom. The number of phenolic OH excluding ortho intramolecular Hbond substituents is 2. The second kappa shape index (κ2) is 16.4. The molecule has 33 heavy (non-hydrogen) atoms. The van der Waals surface area contributed by atoms with Gasteiger partial charge in [0.2, 0.25) is 0 Å². The predicted octanol–water partition coefficient (Wildman–Crippen LogP) is 8.67. The van der Waals surface area contributed by atoms with E-state index in [4.69, 9.17) is 4.74 Å². The lowest BCUT2D eigenvalue weighted by Crippen LogP contribution is -2.07. The zero-order valence-corrected chi connectivity index (χ0v) is 20.6. The normalized spacial score (nSPS) is 11.2. The fourth-order valence-corrected chi connectivity index (χ4v) is 4.42. The fourth-order valence-electron chi connectivity index (χ4n) is 4.42. The van der Waals surface area contributed by atoms with Crippen molar-refractivity contribution >= 4 is 16.7 Å². The second-order valence-corrected chi connectivity index (χ2v) is 9.28. The average Bonchev–Trinajstić information content (AvgIpc) is 2.81. The number of ether oxygens (including phenoxy) is 1. The standard InChI is InChI=1S/C29H44O4/c1-2-3-4-5-6-7-8-9-10-11-12-13-14-15-16-19-22-33-29(32)27-25-21-18-17-20-24(25)23-26(30)28(27)31/h17-18,20-21,23,30-31H,2-16,19,22H2,1H3. The van der Waals surface area contributed by atoms with E-state index in [-0.39, 0.29) is 11.3 Å². The molecule has 0 saturated heterocycles. The van der Waals surface area contributed by atoms with Crippen LogP contribution in [0.5, 0.6) is 11.5 Å². The molecule has 0 aliphatic carbocycles. The largest absolute Gasteiger partial charge is 0.504 e. The summed E-state index contributed by atoms with van der Waals surface area (Å²) in [7, 11) is 0. The Bertz CT molecular complexity index is 815. The molecule has 2 aromatic rings. The molecule has 0 aliphatic rings. The minimum absolute atomic E-state index is 0.0436. The topological polar surface area (TPSA) is 66.8 Å². The number of phenols is 2. The Hall–Kier alpha value is -2.23. The van der Waals surface area contributed by atoms with E-state index in [9.17, 15) is 15.0 Å². The van der Waals surface area contributed by atoms with Crippen LogP contribution in [0.2, 0.25) is 0 Å². The third kappa shape index (κ3) is 10.1. The van der Waals surface area contributed by atoms with Crippen LogP contribution < -0.4 is 0 Å². The quantitative estimate of drug-likeness (QED) is 0.134. The molecule has 4 nitrogen and oxygen atoms in total. The van der Waals surface area contributed by atoms with Gasteiger partial charge in [0.25, 0.3) is 0 Å². The number of hydrogen-bond acceptors (Lipinski definition) is 4. The van der Waals surface area contributed by atoms with Gasteiger partial charge < -0.3 is 14.9 Å².